The number of rotatable bonds is 7. The smallest absolute Gasteiger partial charge is 0.244 e. The quantitative estimate of drug-likeness (QED) is 0.840. The van der Waals surface area contributed by atoms with E-state index in [0.29, 0.717) is 5.69 Å². The molecule has 2 aromatic rings. The maximum absolute atomic E-state index is 12.3. The summed E-state index contributed by atoms with van der Waals surface area (Å²) in [5, 5.41) is 2.85. The van der Waals surface area contributed by atoms with Crippen molar-refractivity contribution in [2.75, 3.05) is 34.8 Å². The first-order valence-corrected chi connectivity index (χ1v) is 8.53. The second kappa shape index (κ2) is 8.87. The fraction of sp³-hybridized carbons (Fsp3) is 0.300. The van der Waals surface area contributed by atoms with Crippen LogP contribution in [0.15, 0.2) is 54.6 Å². The molecule has 2 rings (SSSR count). The number of hydrogen-bond donors (Lipinski definition) is 1. The Morgan fingerprint density at radius 1 is 0.880 bits per heavy atom. The van der Waals surface area contributed by atoms with Crippen LogP contribution >= 0.6 is 0 Å². The van der Waals surface area contributed by atoms with E-state index in [1.54, 1.807) is 0 Å². The second-order valence-corrected chi connectivity index (χ2v) is 5.71. The highest BCUT2D eigenvalue weighted by atomic mass is 16.2. The first-order valence-electron chi connectivity index (χ1n) is 8.53. The average Bonchev–Trinajstić information content (AvgIpc) is 2.62. The second-order valence-electron chi connectivity index (χ2n) is 5.71. The van der Waals surface area contributed by atoms with Gasteiger partial charge in [0.05, 0.1) is 0 Å². The Bertz CT molecular complexity index is 695. The molecule has 0 heterocycles. The number of anilines is 3. The highest BCUT2D eigenvalue weighted by Crippen LogP contribution is 2.18. The number of para-hydroxylation sites is 1. The molecule has 0 atom stereocenters. The van der Waals surface area contributed by atoms with Crippen molar-refractivity contribution in [1.29, 1.82) is 0 Å². The molecule has 5 nitrogen and oxygen atoms in total. The van der Waals surface area contributed by atoms with Crippen molar-refractivity contribution in [3.8, 4) is 0 Å². The van der Waals surface area contributed by atoms with Gasteiger partial charge in [0.2, 0.25) is 11.8 Å². The summed E-state index contributed by atoms with van der Waals surface area (Å²) in [5.41, 5.74) is 2.55. The van der Waals surface area contributed by atoms with Gasteiger partial charge in [-0.05, 0) is 50.2 Å². The zero-order chi connectivity index (χ0) is 18.2. The van der Waals surface area contributed by atoms with Gasteiger partial charge in [-0.2, -0.15) is 0 Å². The largest absolute Gasteiger partial charge is 0.372 e. The maximum Gasteiger partial charge on any atom is 0.244 e. The summed E-state index contributed by atoms with van der Waals surface area (Å²) in [6.07, 6.45) is 0. The summed E-state index contributed by atoms with van der Waals surface area (Å²) in [6, 6.07) is 16.9. The minimum atomic E-state index is -0.227. The summed E-state index contributed by atoms with van der Waals surface area (Å²) < 4.78 is 0. The molecule has 2 amide bonds. The fourth-order valence-electron chi connectivity index (χ4n) is 2.68. The number of amides is 2. The van der Waals surface area contributed by atoms with E-state index in [-0.39, 0.29) is 18.4 Å². The molecule has 0 aliphatic rings. The monoisotopic (exact) mass is 339 g/mol. The van der Waals surface area contributed by atoms with E-state index in [2.05, 4.69) is 24.1 Å². The van der Waals surface area contributed by atoms with Crippen molar-refractivity contribution in [3.63, 3.8) is 0 Å². The average molecular weight is 339 g/mol. The molecule has 0 radical (unpaired) electrons. The lowest BCUT2D eigenvalue weighted by Gasteiger charge is -2.22. The predicted molar refractivity (Wildman–Crippen MR) is 103 cm³/mol. The lowest BCUT2D eigenvalue weighted by atomic mass is 10.2. The van der Waals surface area contributed by atoms with Gasteiger partial charge in [-0.25, -0.2) is 0 Å². The van der Waals surface area contributed by atoms with Gasteiger partial charge in [-0.15, -0.1) is 0 Å². The Balaban J connectivity index is 2.02. The van der Waals surface area contributed by atoms with Crippen LogP contribution in [0.3, 0.4) is 0 Å². The molecular formula is C20H25N3O2. The van der Waals surface area contributed by atoms with E-state index in [9.17, 15) is 9.59 Å². The van der Waals surface area contributed by atoms with E-state index in [4.69, 9.17) is 0 Å². The molecular weight excluding hydrogens is 314 g/mol. The van der Waals surface area contributed by atoms with Gasteiger partial charge < -0.3 is 15.1 Å². The van der Waals surface area contributed by atoms with E-state index in [1.165, 1.54) is 11.8 Å². The molecule has 0 saturated carbocycles. The van der Waals surface area contributed by atoms with Gasteiger partial charge in [0.1, 0.15) is 6.54 Å². The number of carbonyl (C=O) groups is 2. The lowest BCUT2D eigenvalue weighted by molar-refractivity contribution is -0.120. The Morgan fingerprint density at radius 3 is 2.00 bits per heavy atom. The number of nitrogens with zero attached hydrogens (tertiary/aromatic N) is 2. The Hall–Kier alpha value is -2.82. The topological polar surface area (TPSA) is 52.7 Å². The number of nitrogens with one attached hydrogen (secondary N) is 1. The van der Waals surface area contributed by atoms with Crippen molar-refractivity contribution < 1.29 is 9.59 Å². The predicted octanol–water partition coefficient (Wildman–Crippen LogP) is 3.52. The van der Waals surface area contributed by atoms with Crippen LogP contribution in [0.25, 0.3) is 0 Å². The van der Waals surface area contributed by atoms with E-state index < -0.39 is 0 Å². The molecule has 0 bridgehead atoms. The Labute approximate surface area is 149 Å². The highest BCUT2D eigenvalue weighted by molar-refractivity contribution is 6.01. The van der Waals surface area contributed by atoms with Gasteiger partial charge in [0, 0.05) is 37.1 Å². The highest BCUT2D eigenvalue weighted by Gasteiger charge is 2.15. The molecule has 0 fully saturated rings. The van der Waals surface area contributed by atoms with Crippen molar-refractivity contribution in [3.05, 3.63) is 54.6 Å². The third kappa shape index (κ3) is 5.08. The van der Waals surface area contributed by atoms with Gasteiger partial charge in [-0.3, -0.25) is 9.59 Å². The van der Waals surface area contributed by atoms with Crippen LogP contribution in [-0.4, -0.2) is 31.4 Å². The van der Waals surface area contributed by atoms with Gasteiger partial charge >= 0.3 is 0 Å². The van der Waals surface area contributed by atoms with Crippen LogP contribution in [0.5, 0.6) is 0 Å². The Kier molecular flexibility index (Phi) is 6.57. The SMILES string of the molecule is CCN(CC)c1ccc(NC(=O)CN(C(C)=O)c2ccccc2)cc1. The number of benzene rings is 2. The van der Waals surface area contributed by atoms with Crippen molar-refractivity contribution in [1.82, 2.24) is 0 Å². The summed E-state index contributed by atoms with van der Waals surface area (Å²) in [4.78, 5) is 27.9. The van der Waals surface area contributed by atoms with Gasteiger partial charge in [0.25, 0.3) is 0 Å². The summed E-state index contributed by atoms with van der Waals surface area (Å²) in [7, 11) is 0. The van der Waals surface area contributed by atoms with Crippen LogP contribution in [0.4, 0.5) is 17.1 Å². The zero-order valence-electron chi connectivity index (χ0n) is 15.0. The summed E-state index contributed by atoms with van der Waals surface area (Å²) in [6.45, 7) is 7.54. The number of carbonyl (C=O) groups excluding carboxylic acids is 2. The molecule has 0 spiro atoms. The van der Waals surface area contributed by atoms with Crippen molar-refractivity contribution in [2.24, 2.45) is 0 Å². The van der Waals surface area contributed by atoms with Gasteiger partial charge in [-0.1, -0.05) is 18.2 Å². The molecule has 2 aromatic carbocycles. The summed E-state index contributed by atoms with van der Waals surface area (Å²) in [5.74, 6) is -0.395. The third-order valence-electron chi connectivity index (χ3n) is 4.03. The molecule has 0 aromatic heterocycles. The molecule has 0 aliphatic carbocycles. The fourth-order valence-corrected chi connectivity index (χ4v) is 2.68. The Morgan fingerprint density at radius 2 is 1.48 bits per heavy atom. The molecule has 0 unspecified atom stereocenters. The minimum absolute atomic E-state index is 0.0167. The van der Waals surface area contributed by atoms with E-state index >= 15 is 0 Å². The summed E-state index contributed by atoms with van der Waals surface area (Å²) >= 11 is 0. The molecule has 25 heavy (non-hydrogen) atoms. The lowest BCUT2D eigenvalue weighted by Crippen LogP contribution is -2.36. The van der Waals surface area contributed by atoms with Crippen molar-refractivity contribution >= 4 is 28.9 Å². The van der Waals surface area contributed by atoms with Gasteiger partial charge in [0.15, 0.2) is 0 Å². The first-order chi connectivity index (χ1) is 12.0. The normalized spacial score (nSPS) is 10.2. The molecule has 0 aliphatic heterocycles. The first kappa shape index (κ1) is 18.5. The molecule has 1 N–H and O–H groups in total. The van der Waals surface area contributed by atoms with E-state index in [1.807, 2.05) is 54.6 Å². The van der Waals surface area contributed by atoms with Crippen molar-refractivity contribution in [2.45, 2.75) is 20.8 Å². The number of hydrogen-bond acceptors (Lipinski definition) is 3. The van der Waals surface area contributed by atoms with Crippen LogP contribution in [0, 0.1) is 0 Å². The standard InChI is InChI=1S/C20H25N3O2/c1-4-22(5-2)18-13-11-17(12-14-18)21-20(25)15-23(16(3)24)19-9-7-6-8-10-19/h6-14H,4-5,15H2,1-3H3,(H,21,25). The minimum Gasteiger partial charge on any atom is -0.372 e. The van der Waals surface area contributed by atoms with Crippen LogP contribution < -0.4 is 15.1 Å². The molecule has 132 valence electrons. The van der Waals surface area contributed by atoms with E-state index in [0.717, 1.165) is 24.5 Å². The van der Waals surface area contributed by atoms with Crippen LogP contribution in [0.1, 0.15) is 20.8 Å². The maximum atomic E-state index is 12.3. The van der Waals surface area contributed by atoms with Crippen LogP contribution in [0.2, 0.25) is 0 Å². The molecule has 5 heteroatoms. The third-order valence-corrected chi connectivity index (χ3v) is 4.03. The zero-order valence-corrected chi connectivity index (χ0v) is 15.0. The molecule has 0 saturated heterocycles. The van der Waals surface area contributed by atoms with Crippen LogP contribution in [-0.2, 0) is 9.59 Å².